The zero-order chi connectivity index (χ0) is 11.8. The number of rotatable bonds is 1. The van der Waals surface area contributed by atoms with Gasteiger partial charge < -0.3 is 0 Å². The topological polar surface area (TPSA) is 51.6 Å². The average molecular weight is 216 g/mol. The van der Waals surface area contributed by atoms with Crippen LogP contribution in [0.15, 0.2) is 30.9 Å². The smallest absolute Gasteiger partial charge is 0.125 e. The third-order valence-electron chi connectivity index (χ3n) is 1.92. The summed E-state index contributed by atoms with van der Waals surface area (Å²) >= 11 is 0. The molecule has 0 saturated carbocycles. The van der Waals surface area contributed by atoms with Gasteiger partial charge in [0.1, 0.15) is 12.2 Å². The van der Waals surface area contributed by atoms with Gasteiger partial charge in [-0.25, -0.2) is 19.9 Å². The Balaban J connectivity index is 0.000000160. The molecule has 4 nitrogen and oxygen atoms in total. The van der Waals surface area contributed by atoms with E-state index in [0.29, 0.717) is 0 Å². The van der Waals surface area contributed by atoms with E-state index in [1.165, 1.54) is 0 Å². The van der Waals surface area contributed by atoms with Crippen LogP contribution < -0.4 is 0 Å². The minimum Gasteiger partial charge on any atom is -0.245 e. The number of hydrogen-bond acceptors (Lipinski definition) is 4. The van der Waals surface area contributed by atoms with E-state index in [0.717, 1.165) is 23.6 Å². The van der Waals surface area contributed by atoms with E-state index in [1.54, 1.807) is 18.7 Å². The second-order valence-corrected chi connectivity index (χ2v) is 3.30. The average Bonchev–Trinajstić information content (AvgIpc) is 2.31. The summed E-state index contributed by atoms with van der Waals surface area (Å²) < 4.78 is 0. The summed E-state index contributed by atoms with van der Waals surface area (Å²) in [7, 11) is 0. The fourth-order valence-corrected chi connectivity index (χ4v) is 1.10. The summed E-state index contributed by atoms with van der Waals surface area (Å²) in [5, 5.41) is 0. The van der Waals surface area contributed by atoms with E-state index < -0.39 is 0 Å². The Hall–Kier alpha value is -1.84. The summed E-state index contributed by atoms with van der Waals surface area (Å²) in [6, 6.07) is 3.80. The highest BCUT2D eigenvalue weighted by Crippen LogP contribution is 1.89. The van der Waals surface area contributed by atoms with Crippen molar-refractivity contribution in [1.29, 1.82) is 0 Å². The van der Waals surface area contributed by atoms with Gasteiger partial charge in [0, 0.05) is 23.8 Å². The Kier molecular flexibility index (Phi) is 5.05. The van der Waals surface area contributed by atoms with Gasteiger partial charge in [0.05, 0.1) is 0 Å². The maximum atomic E-state index is 4.06. The summed E-state index contributed by atoms with van der Waals surface area (Å²) in [4.78, 5) is 15.8. The minimum atomic E-state index is 0.838. The quantitative estimate of drug-likeness (QED) is 0.732. The predicted octanol–water partition coefficient (Wildman–Crippen LogP) is 2.13. The van der Waals surface area contributed by atoms with Crippen LogP contribution >= 0.6 is 0 Å². The lowest BCUT2D eigenvalue weighted by molar-refractivity contribution is 0.998. The summed E-state index contributed by atoms with van der Waals surface area (Å²) in [6.45, 7) is 5.91. The molecule has 0 aromatic carbocycles. The first kappa shape index (κ1) is 12.2. The van der Waals surface area contributed by atoms with Crippen molar-refractivity contribution in [2.45, 2.75) is 27.2 Å². The normalized spacial score (nSPS) is 9.19. The minimum absolute atomic E-state index is 0.838. The second-order valence-electron chi connectivity index (χ2n) is 3.30. The molecule has 0 N–H and O–H groups in total. The number of aryl methyl sites for hydroxylation is 3. The van der Waals surface area contributed by atoms with Gasteiger partial charge in [-0.3, -0.25) is 0 Å². The van der Waals surface area contributed by atoms with Crippen LogP contribution in [0, 0.1) is 13.8 Å². The van der Waals surface area contributed by atoms with Gasteiger partial charge in [-0.1, -0.05) is 6.92 Å². The first-order valence-corrected chi connectivity index (χ1v) is 5.23. The van der Waals surface area contributed by atoms with Crippen LogP contribution in [-0.4, -0.2) is 19.9 Å². The van der Waals surface area contributed by atoms with Crippen LogP contribution in [-0.2, 0) is 6.42 Å². The molecule has 0 saturated heterocycles. The van der Waals surface area contributed by atoms with Crippen LogP contribution in [0.25, 0.3) is 0 Å². The summed E-state index contributed by atoms with van der Waals surface area (Å²) in [6.07, 6.45) is 6.07. The van der Waals surface area contributed by atoms with Gasteiger partial charge in [-0.05, 0) is 32.4 Å². The van der Waals surface area contributed by atoms with Crippen LogP contribution in [0.3, 0.4) is 0 Å². The zero-order valence-electron chi connectivity index (χ0n) is 9.88. The largest absolute Gasteiger partial charge is 0.245 e. The highest BCUT2D eigenvalue weighted by Gasteiger charge is 1.83. The van der Waals surface area contributed by atoms with Gasteiger partial charge in [-0.2, -0.15) is 0 Å². The van der Waals surface area contributed by atoms with Crippen molar-refractivity contribution in [3.05, 3.63) is 48.1 Å². The molecule has 0 amide bonds. The molecule has 2 aromatic rings. The van der Waals surface area contributed by atoms with Crippen molar-refractivity contribution in [2.24, 2.45) is 0 Å². The van der Waals surface area contributed by atoms with Crippen molar-refractivity contribution in [3.8, 4) is 0 Å². The SMILES string of the molecule is CCc1ccncn1.Cc1ccnc(C)n1. The van der Waals surface area contributed by atoms with Crippen LogP contribution in [0.1, 0.15) is 24.1 Å². The molecule has 2 heterocycles. The highest BCUT2D eigenvalue weighted by atomic mass is 14.9. The molecule has 84 valence electrons. The lowest BCUT2D eigenvalue weighted by Gasteiger charge is -1.89. The van der Waals surface area contributed by atoms with E-state index >= 15 is 0 Å². The standard InChI is InChI=1S/2C6H8N2/c1-5-3-4-7-6(2)8-5;1-2-6-3-4-7-5-8-6/h3-4H,1-2H3;3-5H,2H2,1H3. The molecule has 0 aliphatic heterocycles. The highest BCUT2D eigenvalue weighted by molar-refractivity contribution is 4.97. The number of aromatic nitrogens is 4. The maximum Gasteiger partial charge on any atom is 0.125 e. The maximum absolute atomic E-state index is 4.06. The molecule has 0 fully saturated rings. The van der Waals surface area contributed by atoms with E-state index in [4.69, 9.17) is 0 Å². The van der Waals surface area contributed by atoms with Gasteiger partial charge in [0.25, 0.3) is 0 Å². The third-order valence-corrected chi connectivity index (χ3v) is 1.92. The third kappa shape index (κ3) is 4.59. The Labute approximate surface area is 95.8 Å². The molecular weight excluding hydrogens is 200 g/mol. The molecule has 2 aromatic heterocycles. The van der Waals surface area contributed by atoms with E-state index in [-0.39, 0.29) is 0 Å². The molecule has 0 atom stereocenters. The monoisotopic (exact) mass is 216 g/mol. The first-order valence-electron chi connectivity index (χ1n) is 5.23. The van der Waals surface area contributed by atoms with Crippen LogP contribution in [0.5, 0.6) is 0 Å². The molecular formula is C12H16N4. The van der Waals surface area contributed by atoms with Crippen molar-refractivity contribution in [1.82, 2.24) is 19.9 Å². The number of hydrogen-bond donors (Lipinski definition) is 0. The summed E-state index contributed by atoms with van der Waals surface area (Å²) in [5.41, 5.74) is 2.12. The van der Waals surface area contributed by atoms with E-state index in [1.807, 2.05) is 26.0 Å². The first-order chi connectivity index (χ1) is 7.72. The molecule has 16 heavy (non-hydrogen) atoms. The Morgan fingerprint density at radius 2 is 1.88 bits per heavy atom. The molecule has 0 unspecified atom stereocenters. The molecule has 0 radical (unpaired) electrons. The molecule has 4 heteroatoms. The van der Waals surface area contributed by atoms with Crippen molar-refractivity contribution in [3.63, 3.8) is 0 Å². The lowest BCUT2D eigenvalue weighted by atomic mass is 10.3. The van der Waals surface area contributed by atoms with Gasteiger partial charge in [0.15, 0.2) is 0 Å². The fraction of sp³-hybridized carbons (Fsp3) is 0.333. The fourth-order valence-electron chi connectivity index (χ4n) is 1.10. The Morgan fingerprint density at radius 3 is 2.25 bits per heavy atom. The van der Waals surface area contributed by atoms with Crippen molar-refractivity contribution in [2.75, 3.05) is 0 Å². The van der Waals surface area contributed by atoms with Gasteiger partial charge >= 0.3 is 0 Å². The Morgan fingerprint density at radius 1 is 1.06 bits per heavy atom. The predicted molar refractivity (Wildman–Crippen MR) is 62.9 cm³/mol. The van der Waals surface area contributed by atoms with Crippen molar-refractivity contribution >= 4 is 0 Å². The van der Waals surface area contributed by atoms with E-state index in [9.17, 15) is 0 Å². The second kappa shape index (κ2) is 6.61. The molecule has 2 rings (SSSR count). The van der Waals surface area contributed by atoms with Crippen LogP contribution in [0.2, 0.25) is 0 Å². The zero-order valence-corrected chi connectivity index (χ0v) is 9.88. The van der Waals surface area contributed by atoms with Crippen LogP contribution in [0.4, 0.5) is 0 Å². The summed E-state index contributed by atoms with van der Waals surface area (Å²) in [5.74, 6) is 0.838. The lowest BCUT2D eigenvalue weighted by Crippen LogP contribution is -1.86. The molecule has 0 aliphatic rings. The van der Waals surface area contributed by atoms with Crippen molar-refractivity contribution < 1.29 is 0 Å². The van der Waals surface area contributed by atoms with E-state index in [2.05, 4.69) is 26.9 Å². The van der Waals surface area contributed by atoms with Gasteiger partial charge in [-0.15, -0.1) is 0 Å². The number of nitrogens with zero attached hydrogens (tertiary/aromatic N) is 4. The Bertz CT molecular complexity index is 397. The molecule has 0 spiro atoms. The molecule has 0 bridgehead atoms. The van der Waals surface area contributed by atoms with Gasteiger partial charge in [0.2, 0.25) is 0 Å². The molecule has 0 aliphatic carbocycles.